The lowest BCUT2D eigenvalue weighted by Crippen LogP contribution is -2.30. The molecule has 4 aromatic heterocycles. The molecule has 0 saturated carbocycles. The number of nitrogens with zero attached hydrogens (tertiary/aromatic N) is 3. The van der Waals surface area contributed by atoms with Gasteiger partial charge in [0, 0.05) is 40.2 Å². The lowest BCUT2D eigenvalue weighted by atomic mass is 9.97. The van der Waals surface area contributed by atoms with Gasteiger partial charge < -0.3 is 10.5 Å². The molecule has 2 N–H and O–H groups in total. The maximum atomic E-state index is 6.35. The van der Waals surface area contributed by atoms with Crippen molar-refractivity contribution in [2.45, 2.75) is 38.1 Å². The van der Waals surface area contributed by atoms with Crippen molar-refractivity contribution in [3.05, 3.63) is 57.4 Å². The second-order valence-corrected chi connectivity index (χ2v) is 9.45. The van der Waals surface area contributed by atoms with Crippen molar-refractivity contribution in [3.8, 4) is 17.3 Å². The lowest BCUT2D eigenvalue weighted by molar-refractivity contribution is 0.281. The highest BCUT2D eigenvalue weighted by Crippen LogP contribution is 2.40. The van der Waals surface area contributed by atoms with Gasteiger partial charge in [0.2, 0.25) is 5.88 Å². The van der Waals surface area contributed by atoms with Crippen LogP contribution in [0.25, 0.3) is 21.6 Å². The molecule has 4 heterocycles. The Kier molecular flexibility index (Phi) is 5.26. The third-order valence-electron chi connectivity index (χ3n) is 5.20. The molecule has 5 rings (SSSR count). The Morgan fingerprint density at radius 3 is 2.79 bits per heavy atom. The van der Waals surface area contributed by atoms with Crippen molar-refractivity contribution in [3.63, 3.8) is 0 Å². The Balaban J connectivity index is 1.50. The molecule has 0 fully saturated rings. The van der Waals surface area contributed by atoms with Gasteiger partial charge in [-0.3, -0.25) is 4.98 Å². The molecule has 7 heteroatoms. The van der Waals surface area contributed by atoms with E-state index in [-0.39, 0.29) is 6.04 Å². The highest BCUT2D eigenvalue weighted by molar-refractivity contribution is 7.18. The normalized spacial score (nSPS) is 14.7. The maximum absolute atomic E-state index is 6.35. The minimum absolute atomic E-state index is 0.0718. The number of pyridine rings is 1. The first-order chi connectivity index (χ1) is 14.3. The predicted molar refractivity (Wildman–Crippen MR) is 119 cm³/mol. The zero-order valence-electron chi connectivity index (χ0n) is 16.0. The average Bonchev–Trinajstić information content (AvgIpc) is 3.39. The first-order valence-electron chi connectivity index (χ1n) is 9.91. The number of thiophene rings is 2. The molecule has 5 nitrogen and oxygen atoms in total. The van der Waals surface area contributed by atoms with Crippen LogP contribution in [0.3, 0.4) is 0 Å². The SMILES string of the molecule is N[C@@H](COc1nc(-c2ccncc2)nc2sc3c(c12)CCCC3)Cc1cccs1. The molecular formula is C22H22N4OS2. The van der Waals surface area contributed by atoms with Gasteiger partial charge in [-0.05, 0) is 54.8 Å². The van der Waals surface area contributed by atoms with Crippen LogP contribution in [-0.4, -0.2) is 27.6 Å². The van der Waals surface area contributed by atoms with E-state index in [1.165, 1.54) is 28.2 Å². The number of hydrogen-bond acceptors (Lipinski definition) is 7. The summed E-state index contributed by atoms with van der Waals surface area (Å²) in [4.78, 5) is 17.5. The van der Waals surface area contributed by atoms with Gasteiger partial charge in [0.05, 0.1) is 5.39 Å². The molecule has 148 valence electrons. The Labute approximate surface area is 177 Å². The maximum Gasteiger partial charge on any atom is 0.226 e. The molecular weight excluding hydrogens is 400 g/mol. The van der Waals surface area contributed by atoms with E-state index in [0.717, 1.165) is 35.0 Å². The molecule has 0 bridgehead atoms. The molecule has 1 aliphatic rings. The first kappa shape index (κ1) is 18.7. The summed E-state index contributed by atoms with van der Waals surface area (Å²) in [5, 5.41) is 3.17. The van der Waals surface area contributed by atoms with E-state index in [4.69, 9.17) is 20.4 Å². The monoisotopic (exact) mass is 422 g/mol. The third kappa shape index (κ3) is 3.90. The van der Waals surface area contributed by atoms with Crippen LogP contribution in [0.4, 0.5) is 0 Å². The van der Waals surface area contributed by atoms with Gasteiger partial charge in [-0.15, -0.1) is 22.7 Å². The topological polar surface area (TPSA) is 73.9 Å². The minimum Gasteiger partial charge on any atom is -0.475 e. The van der Waals surface area contributed by atoms with E-state index in [9.17, 15) is 0 Å². The highest BCUT2D eigenvalue weighted by Gasteiger charge is 2.23. The van der Waals surface area contributed by atoms with E-state index >= 15 is 0 Å². The summed E-state index contributed by atoms with van der Waals surface area (Å²) in [7, 11) is 0. The van der Waals surface area contributed by atoms with Crippen LogP contribution in [0.2, 0.25) is 0 Å². The summed E-state index contributed by atoms with van der Waals surface area (Å²) in [5.41, 5.74) is 8.67. The quantitative estimate of drug-likeness (QED) is 0.490. The van der Waals surface area contributed by atoms with Crippen LogP contribution in [0.15, 0.2) is 42.0 Å². The van der Waals surface area contributed by atoms with Crippen LogP contribution in [0.1, 0.15) is 28.2 Å². The van der Waals surface area contributed by atoms with Crippen molar-refractivity contribution in [1.29, 1.82) is 0 Å². The fourth-order valence-corrected chi connectivity index (χ4v) is 5.84. The van der Waals surface area contributed by atoms with Gasteiger partial charge in [0.1, 0.15) is 11.4 Å². The molecule has 4 aromatic rings. The molecule has 1 atom stereocenters. The molecule has 0 unspecified atom stereocenters. The van der Waals surface area contributed by atoms with Crippen LogP contribution in [0.5, 0.6) is 5.88 Å². The van der Waals surface area contributed by atoms with Gasteiger partial charge >= 0.3 is 0 Å². The van der Waals surface area contributed by atoms with E-state index in [1.807, 2.05) is 12.1 Å². The fraction of sp³-hybridized carbons (Fsp3) is 0.318. The van der Waals surface area contributed by atoms with Crippen LogP contribution < -0.4 is 10.5 Å². The summed E-state index contributed by atoms with van der Waals surface area (Å²) >= 11 is 3.51. The molecule has 0 spiro atoms. The Morgan fingerprint density at radius 2 is 1.97 bits per heavy atom. The predicted octanol–water partition coefficient (Wildman–Crippen LogP) is 4.64. The van der Waals surface area contributed by atoms with Gasteiger partial charge in [0.25, 0.3) is 0 Å². The fourth-order valence-electron chi connectivity index (χ4n) is 3.79. The highest BCUT2D eigenvalue weighted by atomic mass is 32.1. The van der Waals surface area contributed by atoms with E-state index < -0.39 is 0 Å². The van der Waals surface area contributed by atoms with Crippen LogP contribution in [0, 0.1) is 0 Å². The van der Waals surface area contributed by atoms with Crippen LogP contribution >= 0.6 is 22.7 Å². The lowest BCUT2D eigenvalue weighted by Gasteiger charge is -2.15. The Bertz CT molecular complexity index is 1110. The molecule has 0 aliphatic heterocycles. The van der Waals surface area contributed by atoms with Gasteiger partial charge in [-0.1, -0.05) is 6.07 Å². The van der Waals surface area contributed by atoms with E-state index in [1.54, 1.807) is 35.1 Å². The minimum atomic E-state index is -0.0718. The number of hydrogen-bond donors (Lipinski definition) is 1. The standard InChI is InChI=1S/C22H22N4OS2/c23-15(12-16-4-3-11-28-16)13-27-21-19-17-5-1-2-6-18(17)29-22(19)26-20(25-21)14-7-9-24-10-8-14/h3-4,7-11,15H,1-2,5-6,12-13,23H2/t15-/m1/s1. The Morgan fingerprint density at radius 1 is 1.10 bits per heavy atom. The van der Waals surface area contributed by atoms with Gasteiger partial charge in [-0.2, -0.15) is 4.98 Å². The number of nitrogens with two attached hydrogens (primary N) is 1. The van der Waals surface area contributed by atoms with E-state index in [0.29, 0.717) is 18.3 Å². The number of aryl methyl sites for hydroxylation is 2. The molecule has 1 aliphatic carbocycles. The number of ether oxygens (including phenoxy) is 1. The molecule has 0 saturated heterocycles. The third-order valence-corrected chi connectivity index (χ3v) is 7.28. The summed E-state index contributed by atoms with van der Waals surface area (Å²) in [6.07, 6.45) is 8.99. The second-order valence-electron chi connectivity index (χ2n) is 7.33. The van der Waals surface area contributed by atoms with Crippen molar-refractivity contribution in [1.82, 2.24) is 15.0 Å². The van der Waals surface area contributed by atoms with Crippen molar-refractivity contribution >= 4 is 32.9 Å². The van der Waals surface area contributed by atoms with E-state index in [2.05, 4.69) is 22.5 Å². The number of aromatic nitrogens is 3. The number of fused-ring (bicyclic) bond motifs is 3. The molecule has 0 aromatic carbocycles. The van der Waals surface area contributed by atoms with Crippen molar-refractivity contribution < 1.29 is 4.74 Å². The number of rotatable bonds is 6. The average molecular weight is 423 g/mol. The van der Waals surface area contributed by atoms with Gasteiger partial charge in [-0.25, -0.2) is 4.98 Å². The molecule has 0 radical (unpaired) electrons. The summed E-state index contributed by atoms with van der Waals surface area (Å²) < 4.78 is 6.24. The molecule has 0 amide bonds. The van der Waals surface area contributed by atoms with Gasteiger partial charge in [0.15, 0.2) is 5.82 Å². The van der Waals surface area contributed by atoms with Crippen molar-refractivity contribution in [2.75, 3.05) is 6.61 Å². The summed E-state index contributed by atoms with van der Waals surface area (Å²) in [5.74, 6) is 1.35. The largest absolute Gasteiger partial charge is 0.475 e. The van der Waals surface area contributed by atoms with Crippen molar-refractivity contribution in [2.24, 2.45) is 5.73 Å². The smallest absolute Gasteiger partial charge is 0.226 e. The summed E-state index contributed by atoms with van der Waals surface area (Å²) in [6.45, 7) is 0.435. The van der Waals surface area contributed by atoms with Crippen LogP contribution in [-0.2, 0) is 19.3 Å². The summed E-state index contributed by atoms with van der Waals surface area (Å²) in [6, 6.07) is 7.96. The second kappa shape index (κ2) is 8.18. The zero-order valence-corrected chi connectivity index (χ0v) is 17.6. The molecule has 29 heavy (non-hydrogen) atoms. The first-order valence-corrected chi connectivity index (χ1v) is 11.6. The zero-order chi connectivity index (χ0) is 19.6. The Hall–Kier alpha value is -2.35.